The highest BCUT2D eigenvalue weighted by molar-refractivity contribution is 5.94. The van der Waals surface area contributed by atoms with Crippen LogP contribution in [-0.4, -0.2) is 63.7 Å². The maximum atomic E-state index is 12.3. The Labute approximate surface area is 126 Å². The second kappa shape index (κ2) is 6.54. The first kappa shape index (κ1) is 15.9. The van der Waals surface area contributed by atoms with Gasteiger partial charge in [-0.25, -0.2) is 5.01 Å². The van der Waals surface area contributed by atoms with Crippen LogP contribution in [0.15, 0.2) is 0 Å². The Hall–Kier alpha value is -2.45. The molecule has 0 saturated carbocycles. The van der Waals surface area contributed by atoms with Crippen LogP contribution in [0.1, 0.15) is 32.1 Å². The Bertz CT molecular complexity index is 520. The number of aldehydes is 1. The Morgan fingerprint density at radius 1 is 1.32 bits per heavy atom. The van der Waals surface area contributed by atoms with Crippen LogP contribution < -0.4 is 5.32 Å². The summed E-state index contributed by atoms with van der Waals surface area (Å²) in [5.41, 5.74) is 0. The van der Waals surface area contributed by atoms with Gasteiger partial charge in [-0.3, -0.25) is 24.2 Å². The molecule has 9 nitrogen and oxygen atoms in total. The van der Waals surface area contributed by atoms with Crippen LogP contribution in [0.3, 0.4) is 0 Å². The van der Waals surface area contributed by atoms with Crippen molar-refractivity contribution >= 4 is 30.0 Å². The lowest BCUT2D eigenvalue weighted by Gasteiger charge is -2.45. The van der Waals surface area contributed by atoms with Gasteiger partial charge in [0.1, 0.15) is 12.3 Å². The van der Waals surface area contributed by atoms with Gasteiger partial charge in [0.05, 0.1) is 12.5 Å². The molecule has 2 heterocycles. The number of aliphatic carboxylic acids is 1. The standard InChI is InChI=1S/C13H17N3O6/c17-7-8(6-12(20)21)14-13(22)9-2-1-5-15-10(18)3-4-11(19)16(9)15/h7-9H,1-6H2,(H,14,22)(H,20,21)/t8-,9-/m0/s1. The molecule has 2 aliphatic rings. The molecule has 0 bridgehead atoms. The lowest BCUT2D eigenvalue weighted by atomic mass is 10.0. The van der Waals surface area contributed by atoms with Gasteiger partial charge in [-0.15, -0.1) is 0 Å². The van der Waals surface area contributed by atoms with Crippen LogP contribution in [0.5, 0.6) is 0 Å². The predicted molar refractivity (Wildman–Crippen MR) is 71.1 cm³/mol. The summed E-state index contributed by atoms with van der Waals surface area (Å²) in [4.78, 5) is 57.6. The number of amides is 3. The van der Waals surface area contributed by atoms with E-state index in [1.807, 2.05) is 0 Å². The van der Waals surface area contributed by atoms with Gasteiger partial charge in [-0.05, 0) is 12.8 Å². The van der Waals surface area contributed by atoms with Gasteiger partial charge in [-0.2, -0.15) is 0 Å². The number of nitrogens with one attached hydrogen (secondary N) is 1. The molecule has 0 aromatic carbocycles. The normalized spacial score (nSPS) is 22.8. The molecule has 3 amide bonds. The number of rotatable bonds is 5. The summed E-state index contributed by atoms with van der Waals surface area (Å²) in [6.07, 6.45) is 0.900. The highest BCUT2D eigenvalue weighted by atomic mass is 16.4. The SMILES string of the molecule is O=C[C@H](CC(=O)O)NC(=O)[C@@H]1CCCN2C(=O)CCC(=O)N12. The van der Waals surface area contributed by atoms with Crippen LogP contribution in [0.25, 0.3) is 0 Å². The summed E-state index contributed by atoms with van der Waals surface area (Å²) in [5, 5.41) is 13.4. The molecule has 0 unspecified atom stereocenters. The summed E-state index contributed by atoms with van der Waals surface area (Å²) in [6.45, 7) is 0.376. The van der Waals surface area contributed by atoms with Crippen molar-refractivity contribution in [3.05, 3.63) is 0 Å². The highest BCUT2D eigenvalue weighted by Gasteiger charge is 2.42. The number of hydrazine groups is 1. The molecule has 2 saturated heterocycles. The smallest absolute Gasteiger partial charge is 0.305 e. The lowest BCUT2D eigenvalue weighted by molar-refractivity contribution is -0.184. The molecule has 0 aromatic heterocycles. The van der Waals surface area contributed by atoms with Crippen molar-refractivity contribution in [2.75, 3.05) is 6.54 Å². The van der Waals surface area contributed by atoms with E-state index in [-0.39, 0.29) is 24.7 Å². The van der Waals surface area contributed by atoms with Crippen molar-refractivity contribution in [2.45, 2.75) is 44.2 Å². The molecule has 0 spiro atoms. The van der Waals surface area contributed by atoms with Gasteiger partial charge in [0, 0.05) is 19.4 Å². The molecule has 9 heteroatoms. The van der Waals surface area contributed by atoms with E-state index in [9.17, 15) is 24.0 Å². The molecule has 2 atom stereocenters. The van der Waals surface area contributed by atoms with Crippen LogP contribution in [0.2, 0.25) is 0 Å². The third kappa shape index (κ3) is 3.23. The van der Waals surface area contributed by atoms with Crippen LogP contribution in [-0.2, 0) is 24.0 Å². The first-order valence-corrected chi connectivity index (χ1v) is 7.04. The first-order chi connectivity index (χ1) is 10.4. The number of carboxylic acids is 1. The van der Waals surface area contributed by atoms with Gasteiger partial charge in [0.25, 0.3) is 0 Å². The number of carboxylic acid groups (broad SMARTS) is 1. The molecule has 2 fully saturated rings. The number of fused-ring (bicyclic) bond motifs is 1. The average molecular weight is 311 g/mol. The van der Waals surface area contributed by atoms with E-state index in [2.05, 4.69) is 5.32 Å². The molecular formula is C13H17N3O6. The van der Waals surface area contributed by atoms with Crippen LogP contribution in [0, 0.1) is 0 Å². The zero-order chi connectivity index (χ0) is 16.3. The number of nitrogens with zero attached hydrogens (tertiary/aromatic N) is 2. The molecule has 22 heavy (non-hydrogen) atoms. The summed E-state index contributed by atoms with van der Waals surface area (Å²) >= 11 is 0. The minimum atomic E-state index is -1.22. The summed E-state index contributed by atoms with van der Waals surface area (Å²) in [5.74, 6) is -2.37. The number of hydrogen-bond donors (Lipinski definition) is 2. The summed E-state index contributed by atoms with van der Waals surface area (Å²) in [6, 6.07) is -2.04. The molecule has 120 valence electrons. The third-order valence-corrected chi connectivity index (χ3v) is 3.69. The molecular weight excluding hydrogens is 294 g/mol. The third-order valence-electron chi connectivity index (χ3n) is 3.69. The van der Waals surface area contributed by atoms with E-state index in [1.165, 1.54) is 5.01 Å². The number of hydrogen-bond acceptors (Lipinski definition) is 5. The van der Waals surface area contributed by atoms with Crippen LogP contribution >= 0.6 is 0 Å². The van der Waals surface area contributed by atoms with Crippen molar-refractivity contribution in [1.82, 2.24) is 15.3 Å². The van der Waals surface area contributed by atoms with E-state index >= 15 is 0 Å². The molecule has 0 radical (unpaired) electrons. The Kier molecular flexibility index (Phi) is 4.74. The van der Waals surface area contributed by atoms with Crippen molar-refractivity contribution in [3.63, 3.8) is 0 Å². The highest BCUT2D eigenvalue weighted by Crippen LogP contribution is 2.24. The lowest BCUT2D eigenvalue weighted by Crippen LogP contribution is -2.64. The first-order valence-electron chi connectivity index (χ1n) is 7.04. The quantitative estimate of drug-likeness (QED) is 0.606. The van der Waals surface area contributed by atoms with Crippen LogP contribution in [0.4, 0.5) is 0 Å². The molecule has 2 aliphatic heterocycles. The largest absolute Gasteiger partial charge is 0.481 e. The minimum absolute atomic E-state index is 0.0470. The summed E-state index contributed by atoms with van der Waals surface area (Å²) in [7, 11) is 0. The predicted octanol–water partition coefficient (Wildman–Crippen LogP) is -1.33. The van der Waals surface area contributed by atoms with Crippen molar-refractivity contribution in [2.24, 2.45) is 0 Å². The van der Waals surface area contributed by atoms with E-state index in [0.717, 1.165) is 5.01 Å². The number of carbonyl (C=O) groups is 5. The monoisotopic (exact) mass is 311 g/mol. The second-order valence-electron chi connectivity index (χ2n) is 5.26. The zero-order valence-corrected chi connectivity index (χ0v) is 11.9. The van der Waals surface area contributed by atoms with Gasteiger partial charge in [0.2, 0.25) is 17.7 Å². The molecule has 0 aromatic rings. The average Bonchev–Trinajstić information content (AvgIpc) is 2.49. The van der Waals surface area contributed by atoms with Gasteiger partial charge in [-0.1, -0.05) is 0 Å². The van der Waals surface area contributed by atoms with Gasteiger partial charge >= 0.3 is 5.97 Å². The topological polar surface area (TPSA) is 124 Å². The molecule has 0 aliphatic carbocycles. The second-order valence-corrected chi connectivity index (χ2v) is 5.26. The van der Waals surface area contributed by atoms with E-state index in [1.54, 1.807) is 0 Å². The fourth-order valence-electron chi connectivity index (χ4n) is 2.69. The van der Waals surface area contributed by atoms with E-state index in [0.29, 0.717) is 25.7 Å². The fraction of sp³-hybridized carbons (Fsp3) is 0.615. The van der Waals surface area contributed by atoms with Crippen molar-refractivity contribution < 1.29 is 29.1 Å². The van der Waals surface area contributed by atoms with Crippen molar-refractivity contribution in [1.29, 1.82) is 0 Å². The maximum absolute atomic E-state index is 12.3. The maximum Gasteiger partial charge on any atom is 0.305 e. The van der Waals surface area contributed by atoms with E-state index in [4.69, 9.17) is 5.11 Å². The Morgan fingerprint density at radius 2 is 2.00 bits per heavy atom. The van der Waals surface area contributed by atoms with E-state index < -0.39 is 30.4 Å². The number of carbonyl (C=O) groups excluding carboxylic acids is 4. The molecule has 2 rings (SSSR count). The van der Waals surface area contributed by atoms with Gasteiger partial charge in [0.15, 0.2) is 0 Å². The Morgan fingerprint density at radius 3 is 2.64 bits per heavy atom. The molecule has 2 N–H and O–H groups in total. The zero-order valence-electron chi connectivity index (χ0n) is 11.9. The van der Waals surface area contributed by atoms with Gasteiger partial charge < -0.3 is 15.2 Å². The fourth-order valence-corrected chi connectivity index (χ4v) is 2.69. The Balaban J connectivity index is 2.10. The summed E-state index contributed by atoms with van der Waals surface area (Å²) < 4.78 is 0. The van der Waals surface area contributed by atoms with Crippen molar-refractivity contribution in [3.8, 4) is 0 Å². The minimum Gasteiger partial charge on any atom is -0.481 e.